The molecule has 3 rings (SSSR count). The summed E-state index contributed by atoms with van der Waals surface area (Å²) in [5, 5.41) is 9.56. The van der Waals surface area contributed by atoms with Crippen LogP contribution in [0, 0.1) is 0 Å². The third kappa shape index (κ3) is 3.37. The molecule has 1 amide bonds. The highest BCUT2D eigenvalue weighted by Crippen LogP contribution is 2.43. The Morgan fingerprint density at radius 2 is 2.33 bits per heavy atom. The Balaban J connectivity index is 1.52. The number of carbonyl (C=O) groups is 1. The van der Waals surface area contributed by atoms with Crippen molar-refractivity contribution in [3.8, 4) is 0 Å². The van der Waals surface area contributed by atoms with Crippen LogP contribution >= 0.6 is 0 Å². The smallest absolute Gasteiger partial charge is 0.248 e. The lowest BCUT2D eigenvalue weighted by atomic mass is 10.1. The van der Waals surface area contributed by atoms with E-state index in [9.17, 15) is 13.6 Å². The van der Waals surface area contributed by atoms with Crippen molar-refractivity contribution in [3.63, 3.8) is 0 Å². The quantitative estimate of drug-likeness (QED) is 0.877. The predicted molar refractivity (Wildman–Crippen MR) is 68.7 cm³/mol. The van der Waals surface area contributed by atoms with Gasteiger partial charge in [-0.25, -0.2) is 8.78 Å². The van der Waals surface area contributed by atoms with Gasteiger partial charge in [-0.05, 0) is 25.8 Å². The lowest BCUT2D eigenvalue weighted by Gasteiger charge is -2.08. The van der Waals surface area contributed by atoms with Gasteiger partial charge in [0.2, 0.25) is 17.7 Å². The van der Waals surface area contributed by atoms with Crippen molar-refractivity contribution in [1.29, 1.82) is 0 Å². The van der Waals surface area contributed by atoms with Crippen LogP contribution in [0.1, 0.15) is 49.7 Å². The molecule has 2 unspecified atom stereocenters. The number of carbonyl (C=O) groups excluding carboxylic acids is 1. The van der Waals surface area contributed by atoms with E-state index in [0.717, 1.165) is 19.4 Å². The van der Waals surface area contributed by atoms with E-state index in [4.69, 9.17) is 4.52 Å². The molecule has 2 fully saturated rings. The predicted octanol–water partition coefficient (Wildman–Crippen LogP) is 1.34. The fourth-order valence-corrected chi connectivity index (χ4v) is 2.87. The van der Waals surface area contributed by atoms with Crippen molar-refractivity contribution in [2.75, 3.05) is 6.54 Å². The highest BCUT2D eigenvalue weighted by molar-refractivity contribution is 5.81. The van der Waals surface area contributed by atoms with Gasteiger partial charge in [0.05, 0.1) is 12.6 Å². The number of halogens is 2. The zero-order valence-corrected chi connectivity index (χ0v) is 11.6. The second-order valence-electron chi connectivity index (χ2n) is 5.71. The van der Waals surface area contributed by atoms with Crippen LogP contribution in [-0.2, 0) is 11.3 Å². The average molecular weight is 300 g/mol. The Morgan fingerprint density at radius 1 is 1.48 bits per heavy atom. The van der Waals surface area contributed by atoms with Gasteiger partial charge in [-0.1, -0.05) is 5.16 Å². The highest BCUT2D eigenvalue weighted by atomic mass is 19.3. The van der Waals surface area contributed by atoms with Crippen LogP contribution in [0.5, 0.6) is 0 Å². The standard InChI is InChI=1S/C13H18F2N4O2/c14-13(15)4-3-8(6-13)11-18-10(21-19-11)7-17-12(20)9-2-1-5-16-9/h8-9,16H,1-7H2,(H,17,20). The number of hydrogen-bond acceptors (Lipinski definition) is 5. The third-order valence-corrected chi connectivity index (χ3v) is 4.04. The average Bonchev–Trinajstić information content (AvgIpc) is 3.15. The maximum atomic E-state index is 13.2. The molecule has 2 N–H and O–H groups in total. The van der Waals surface area contributed by atoms with Crippen molar-refractivity contribution in [1.82, 2.24) is 20.8 Å². The van der Waals surface area contributed by atoms with Crippen molar-refractivity contribution in [2.45, 2.75) is 56.5 Å². The molecule has 8 heteroatoms. The summed E-state index contributed by atoms with van der Waals surface area (Å²) in [7, 11) is 0. The van der Waals surface area contributed by atoms with E-state index < -0.39 is 5.92 Å². The van der Waals surface area contributed by atoms with Gasteiger partial charge in [0.1, 0.15) is 0 Å². The summed E-state index contributed by atoms with van der Waals surface area (Å²) in [6.07, 6.45) is 1.80. The summed E-state index contributed by atoms with van der Waals surface area (Å²) in [4.78, 5) is 15.9. The molecular formula is C13H18F2N4O2. The number of nitrogens with zero attached hydrogens (tertiary/aromatic N) is 2. The number of amides is 1. The molecule has 21 heavy (non-hydrogen) atoms. The first-order valence-corrected chi connectivity index (χ1v) is 7.25. The molecule has 0 radical (unpaired) electrons. The first kappa shape index (κ1) is 14.4. The molecule has 2 aliphatic rings. The fourth-order valence-electron chi connectivity index (χ4n) is 2.87. The van der Waals surface area contributed by atoms with Crippen LogP contribution in [0.25, 0.3) is 0 Å². The number of aromatic nitrogens is 2. The summed E-state index contributed by atoms with van der Waals surface area (Å²) in [6.45, 7) is 0.978. The van der Waals surface area contributed by atoms with Crippen LogP contribution in [0.15, 0.2) is 4.52 Å². The Bertz CT molecular complexity index is 514. The first-order chi connectivity index (χ1) is 10.0. The molecule has 0 spiro atoms. The number of rotatable bonds is 4. The molecule has 2 atom stereocenters. The fraction of sp³-hybridized carbons (Fsp3) is 0.769. The van der Waals surface area contributed by atoms with Gasteiger partial charge >= 0.3 is 0 Å². The van der Waals surface area contributed by atoms with Crippen LogP contribution < -0.4 is 10.6 Å². The lowest BCUT2D eigenvalue weighted by Crippen LogP contribution is -2.40. The van der Waals surface area contributed by atoms with Gasteiger partial charge in [-0.3, -0.25) is 4.79 Å². The molecule has 1 aliphatic carbocycles. The number of hydrogen-bond donors (Lipinski definition) is 2. The van der Waals surface area contributed by atoms with E-state index in [-0.39, 0.29) is 43.1 Å². The minimum atomic E-state index is -2.63. The molecule has 1 aromatic rings. The summed E-state index contributed by atoms with van der Waals surface area (Å²) in [5.74, 6) is -2.51. The second-order valence-corrected chi connectivity index (χ2v) is 5.71. The maximum Gasteiger partial charge on any atom is 0.248 e. The Kier molecular flexibility index (Phi) is 3.88. The largest absolute Gasteiger partial charge is 0.346 e. The maximum absolute atomic E-state index is 13.2. The lowest BCUT2D eigenvalue weighted by molar-refractivity contribution is -0.123. The molecular weight excluding hydrogens is 282 g/mol. The van der Waals surface area contributed by atoms with Gasteiger partial charge in [0.15, 0.2) is 5.82 Å². The Morgan fingerprint density at radius 3 is 3.00 bits per heavy atom. The van der Waals surface area contributed by atoms with Gasteiger partial charge < -0.3 is 15.2 Å². The summed E-state index contributed by atoms with van der Waals surface area (Å²) < 4.78 is 31.3. The van der Waals surface area contributed by atoms with Crippen molar-refractivity contribution in [3.05, 3.63) is 11.7 Å². The molecule has 1 saturated carbocycles. The summed E-state index contributed by atoms with van der Waals surface area (Å²) in [6, 6.07) is -0.166. The second kappa shape index (κ2) is 5.67. The third-order valence-electron chi connectivity index (χ3n) is 4.04. The van der Waals surface area contributed by atoms with Crippen LogP contribution in [0.3, 0.4) is 0 Å². The minimum Gasteiger partial charge on any atom is -0.346 e. The molecule has 2 heterocycles. The van der Waals surface area contributed by atoms with Gasteiger partial charge in [0.25, 0.3) is 0 Å². The molecule has 0 aromatic carbocycles. The summed E-state index contributed by atoms with van der Waals surface area (Å²) >= 11 is 0. The van der Waals surface area contributed by atoms with E-state index in [0.29, 0.717) is 12.2 Å². The Labute approximate surface area is 120 Å². The van der Waals surface area contributed by atoms with E-state index >= 15 is 0 Å². The van der Waals surface area contributed by atoms with Gasteiger partial charge in [0, 0.05) is 18.8 Å². The highest BCUT2D eigenvalue weighted by Gasteiger charge is 2.41. The van der Waals surface area contributed by atoms with Gasteiger partial charge in [-0.15, -0.1) is 0 Å². The van der Waals surface area contributed by atoms with Crippen molar-refractivity contribution >= 4 is 5.91 Å². The first-order valence-electron chi connectivity index (χ1n) is 7.25. The van der Waals surface area contributed by atoms with Crippen molar-refractivity contribution < 1.29 is 18.1 Å². The molecule has 1 aromatic heterocycles. The number of alkyl halides is 2. The van der Waals surface area contributed by atoms with E-state index in [1.54, 1.807) is 0 Å². The molecule has 1 aliphatic heterocycles. The molecule has 1 saturated heterocycles. The summed E-state index contributed by atoms with van der Waals surface area (Å²) in [5.41, 5.74) is 0. The molecule has 0 bridgehead atoms. The normalized spacial score (nSPS) is 27.9. The zero-order chi connectivity index (χ0) is 14.9. The monoisotopic (exact) mass is 300 g/mol. The number of nitrogens with one attached hydrogen (secondary N) is 2. The SMILES string of the molecule is O=C(NCc1nc(C2CCC(F)(F)C2)no1)C1CCCN1. The van der Waals surface area contributed by atoms with Gasteiger partial charge in [-0.2, -0.15) is 4.98 Å². The van der Waals surface area contributed by atoms with Crippen LogP contribution in [0.2, 0.25) is 0 Å². The van der Waals surface area contributed by atoms with E-state index in [1.165, 1.54) is 0 Å². The van der Waals surface area contributed by atoms with Crippen LogP contribution in [0.4, 0.5) is 8.78 Å². The molecule has 6 nitrogen and oxygen atoms in total. The van der Waals surface area contributed by atoms with Crippen LogP contribution in [-0.4, -0.2) is 34.6 Å². The van der Waals surface area contributed by atoms with Crippen molar-refractivity contribution in [2.24, 2.45) is 0 Å². The van der Waals surface area contributed by atoms with E-state index in [2.05, 4.69) is 20.8 Å². The molecule has 116 valence electrons. The van der Waals surface area contributed by atoms with E-state index in [1.807, 2.05) is 0 Å². The topological polar surface area (TPSA) is 80.1 Å². The minimum absolute atomic E-state index is 0.0975. The zero-order valence-electron chi connectivity index (χ0n) is 11.6. The Hall–Kier alpha value is -1.57.